The summed E-state index contributed by atoms with van der Waals surface area (Å²) in [5.41, 5.74) is 0.608. The third kappa shape index (κ3) is 4.71. The fourth-order valence-corrected chi connectivity index (χ4v) is 1.24. The molecular weight excluding hydrogens is 250 g/mol. The van der Waals surface area contributed by atoms with Crippen LogP contribution in [-0.2, 0) is 9.53 Å². The molecule has 6 heteroatoms. The molecule has 0 aliphatic heterocycles. The molecule has 0 saturated heterocycles. The third-order valence-corrected chi connectivity index (χ3v) is 2.18. The quantitative estimate of drug-likeness (QED) is 0.795. The first kappa shape index (κ1) is 14.6. The summed E-state index contributed by atoms with van der Waals surface area (Å²) in [7, 11) is 1.57. The van der Waals surface area contributed by atoms with Crippen molar-refractivity contribution in [3.8, 4) is 5.75 Å². The number of carbonyl (C=O) groups excluding carboxylic acids is 1. The van der Waals surface area contributed by atoms with Crippen LogP contribution in [0.3, 0.4) is 0 Å². The summed E-state index contributed by atoms with van der Waals surface area (Å²) < 4.78 is 9.86. The van der Waals surface area contributed by atoms with Gasteiger partial charge >= 0.3 is 12.1 Å². The maximum absolute atomic E-state index is 11.5. The lowest BCUT2D eigenvalue weighted by molar-refractivity contribution is -0.139. The molecule has 6 nitrogen and oxygen atoms in total. The Bertz CT molecular complexity index is 455. The predicted octanol–water partition coefficient (Wildman–Crippen LogP) is 1.91. The van der Waals surface area contributed by atoms with Crippen molar-refractivity contribution >= 4 is 17.7 Å². The number of hydrogen-bond acceptors (Lipinski definition) is 4. The van der Waals surface area contributed by atoms with Gasteiger partial charge in [0.1, 0.15) is 12.4 Å². The fourth-order valence-electron chi connectivity index (χ4n) is 1.24. The van der Waals surface area contributed by atoms with E-state index >= 15 is 0 Å². The van der Waals surface area contributed by atoms with Gasteiger partial charge in [0.05, 0.1) is 0 Å². The van der Waals surface area contributed by atoms with Gasteiger partial charge in [0, 0.05) is 12.7 Å². The molecule has 0 aromatic heterocycles. The normalized spacial score (nSPS) is 9.53. The molecule has 0 aliphatic carbocycles. The maximum atomic E-state index is 11.5. The van der Waals surface area contributed by atoms with E-state index in [1.54, 1.807) is 31.3 Å². The van der Waals surface area contributed by atoms with Gasteiger partial charge in [0.2, 0.25) is 0 Å². The highest BCUT2D eigenvalue weighted by atomic mass is 16.6. The van der Waals surface area contributed by atoms with Crippen LogP contribution in [0.15, 0.2) is 36.9 Å². The van der Waals surface area contributed by atoms with Gasteiger partial charge in [-0.05, 0) is 24.3 Å². The zero-order valence-corrected chi connectivity index (χ0v) is 10.5. The molecule has 0 unspecified atom stereocenters. The summed E-state index contributed by atoms with van der Waals surface area (Å²) in [6.45, 7) is 3.19. The van der Waals surface area contributed by atoms with Gasteiger partial charge < -0.3 is 14.6 Å². The lowest BCUT2D eigenvalue weighted by atomic mass is 10.3. The van der Waals surface area contributed by atoms with Gasteiger partial charge in [-0.3, -0.25) is 4.90 Å². The highest BCUT2D eigenvalue weighted by Gasteiger charge is 2.11. The monoisotopic (exact) mass is 265 g/mol. The SMILES string of the molecule is C=CCOC(=O)N(C)c1ccc(OCC(=O)O)cc1. The number of amides is 1. The van der Waals surface area contributed by atoms with Crippen molar-refractivity contribution in [1.29, 1.82) is 0 Å². The number of anilines is 1. The van der Waals surface area contributed by atoms with Crippen molar-refractivity contribution in [2.24, 2.45) is 0 Å². The number of carboxylic acids is 1. The molecule has 19 heavy (non-hydrogen) atoms. The highest BCUT2D eigenvalue weighted by Crippen LogP contribution is 2.19. The zero-order valence-electron chi connectivity index (χ0n) is 10.5. The van der Waals surface area contributed by atoms with Crippen LogP contribution in [0.5, 0.6) is 5.75 Å². The molecule has 0 fully saturated rings. The van der Waals surface area contributed by atoms with Crippen LogP contribution < -0.4 is 9.64 Å². The van der Waals surface area contributed by atoms with E-state index < -0.39 is 18.7 Å². The molecule has 0 heterocycles. The van der Waals surface area contributed by atoms with Gasteiger partial charge in [-0.2, -0.15) is 0 Å². The van der Waals surface area contributed by atoms with Crippen LogP contribution >= 0.6 is 0 Å². The van der Waals surface area contributed by atoms with Gasteiger partial charge in [0.25, 0.3) is 0 Å². The molecule has 0 bridgehead atoms. The van der Waals surface area contributed by atoms with Crippen LogP contribution in [0.2, 0.25) is 0 Å². The summed E-state index contributed by atoms with van der Waals surface area (Å²) in [5.74, 6) is -0.631. The van der Waals surface area contributed by atoms with Gasteiger partial charge in [-0.15, -0.1) is 0 Å². The predicted molar refractivity (Wildman–Crippen MR) is 69.5 cm³/mol. The van der Waals surface area contributed by atoms with E-state index in [0.29, 0.717) is 11.4 Å². The molecule has 0 spiro atoms. The first-order valence-electron chi connectivity index (χ1n) is 5.50. The van der Waals surface area contributed by atoms with E-state index in [1.807, 2.05) is 0 Å². The third-order valence-electron chi connectivity index (χ3n) is 2.18. The lowest BCUT2D eigenvalue weighted by Crippen LogP contribution is -2.27. The minimum Gasteiger partial charge on any atom is -0.482 e. The van der Waals surface area contributed by atoms with Gasteiger partial charge in [-0.1, -0.05) is 12.7 Å². The molecule has 0 saturated carbocycles. The second-order valence-electron chi connectivity index (χ2n) is 3.60. The zero-order chi connectivity index (χ0) is 14.3. The van der Waals surface area contributed by atoms with Gasteiger partial charge in [-0.25, -0.2) is 9.59 Å². The van der Waals surface area contributed by atoms with E-state index in [-0.39, 0.29) is 6.61 Å². The molecule has 1 aromatic rings. The molecule has 1 rings (SSSR count). The molecule has 1 aromatic carbocycles. The Morgan fingerprint density at radius 2 is 2.00 bits per heavy atom. The Kier molecular flexibility index (Phi) is 5.40. The lowest BCUT2D eigenvalue weighted by Gasteiger charge is -2.16. The van der Waals surface area contributed by atoms with E-state index in [0.717, 1.165) is 0 Å². The second kappa shape index (κ2) is 7.05. The second-order valence-corrected chi connectivity index (χ2v) is 3.60. The van der Waals surface area contributed by atoms with E-state index in [4.69, 9.17) is 14.6 Å². The van der Waals surface area contributed by atoms with Crippen LogP contribution in [0.4, 0.5) is 10.5 Å². The number of aliphatic carboxylic acids is 1. The minimum atomic E-state index is -1.05. The fraction of sp³-hybridized carbons (Fsp3) is 0.231. The van der Waals surface area contributed by atoms with Crippen molar-refractivity contribution in [1.82, 2.24) is 0 Å². The molecule has 1 amide bonds. The van der Waals surface area contributed by atoms with Crippen molar-refractivity contribution in [2.45, 2.75) is 0 Å². The first-order chi connectivity index (χ1) is 9.04. The molecule has 0 atom stereocenters. The van der Waals surface area contributed by atoms with E-state index in [1.165, 1.54) is 11.0 Å². The van der Waals surface area contributed by atoms with Crippen molar-refractivity contribution in [3.63, 3.8) is 0 Å². The summed E-state index contributed by atoms with van der Waals surface area (Å²) in [5, 5.41) is 8.47. The van der Waals surface area contributed by atoms with Crippen LogP contribution in [-0.4, -0.2) is 37.4 Å². The Morgan fingerprint density at radius 3 is 2.53 bits per heavy atom. The van der Waals surface area contributed by atoms with Crippen molar-refractivity contribution in [2.75, 3.05) is 25.2 Å². The topological polar surface area (TPSA) is 76.1 Å². The van der Waals surface area contributed by atoms with E-state index in [9.17, 15) is 9.59 Å². The Labute approximate surface area is 110 Å². The average Bonchev–Trinajstić information content (AvgIpc) is 2.42. The number of nitrogens with zero attached hydrogens (tertiary/aromatic N) is 1. The summed E-state index contributed by atoms with van der Waals surface area (Å²) in [4.78, 5) is 23.2. The number of hydrogen-bond donors (Lipinski definition) is 1. The van der Waals surface area contributed by atoms with Crippen molar-refractivity contribution in [3.05, 3.63) is 36.9 Å². The summed E-state index contributed by atoms with van der Waals surface area (Å²) in [6.07, 6.45) is 0.980. The average molecular weight is 265 g/mol. The number of benzene rings is 1. The highest BCUT2D eigenvalue weighted by molar-refractivity contribution is 5.87. The largest absolute Gasteiger partial charge is 0.482 e. The molecule has 0 aliphatic rings. The Balaban J connectivity index is 2.62. The maximum Gasteiger partial charge on any atom is 0.414 e. The smallest absolute Gasteiger partial charge is 0.414 e. The number of ether oxygens (including phenoxy) is 2. The molecule has 1 N–H and O–H groups in total. The summed E-state index contributed by atoms with van der Waals surface area (Å²) in [6, 6.07) is 6.42. The molecular formula is C13H15NO5. The van der Waals surface area contributed by atoms with E-state index in [2.05, 4.69) is 6.58 Å². The van der Waals surface area contributed by atoms with Crippen LogP contribution in [0.25, 0.3) is 0 Å². The number of rotatable bonds is 6. The number of carboxylic acid groups (broad SMARTS) is 1. The van der Waals surface area contributed by atoms with Gasteiger partial charge in [0.15, 0.2) is 6.61 Å². The Morgan fingerprint density at radius 1 is 1.37 bits per heavy atom. The van der Waals surface area contributed by atoms with Crippen LogP contribution in [0, 0.1) is 0 Å². The minimum absolute atomic E-state index is 0.142. The first-order valence-corrected chi connectivity index (χ1v) is 5.50. The standard InChI is InChI=1S/C13H15NO5/c1-3-8-18-13(17)14(2)10-4-6-11(7-5-10)19-9-12(15)16/h3-7H,1,8-9H2,2H3,(H,15,16). The summed E-state index contributed by atoms with van der Waals surface area (Å²) >= 11 is 0. The Hall–Kier alpha value is -2.50. The number of carbonyl (C=O) groups is 2. The van der Waals surface area contributed by atoms with Crippen LogP contribution in [0.1, 0.15) is 0 Å². The molecule has 102 valence electrons. The molecule has 0 radical (unpaired) electrons. The van der Waals surface area contributed by atoms with Crippen molar-refractivity contribution < 1.29 is 24.2 Å².